The first-order valence-corrected chi connectivity index (χ1v) is 9.70. The number of hydrogen-bond donors (Lipinski definition) is 1. The van der Waals surface area contributed by atoms with Crippen LogP contribution >= 0.6 is 11.3 Å². The molecule has 0 aliphatic heterocycles. The van der Waals surface area contributed by atoms with Gasteiger partial charge in [0, 0.05) is 5.92 Å². The zero-order valence-corrected chi connectivity index (χ0v) is 14.3. The molecule has 118 valence electrons. The lowest BCUT2D eigenvalue weighted by Gasteiger charge is -2.38. The summed E-state index contributed by atoms with van der Waals surface area (Å²) in [5.74, 6) is 2.68. The molecule has 0 amide bonds. The third kappa shape index (κ3) is 3.48. The Kier molecular flexibility index (Phi) is 5.28. The smallest absolute Gasteiger partial charge is 0.134 e. The summed E-state index contributed by atoms with van der Waals surface area (Å²) in [6.45, 7) is 5.39. The van der Waals surface area contributed by atoms with Crippen molar-refractivity contribution in [2.75, 3.05) is 6.54 Å². The number of rotatable bonds is 5. The first-order chi connectivity index (χ1) is 10.3. The Labute approximate surface area is 132 Å². The number of nitrogens with one attached hydrogen (secondary N) is 1. The lowest BCUT2D eigenvalue weighted by Crippen LogP contribution is -2.26. The molecule has 2 aliphatic rings. The maximum Gasteiger partial charge on any atom is 0.134 e. The molecular weight excluding hydrogens is 278 g/mol. The molecule has 0 saturated heterocycles. The zero-order chi connectivity index (χ0) is 14.7. The van der Waals surface area contributed by atoms with Crippen LogP contribution in [0.25, 0.3) is 0 Å². The molecule has 0 bridgehead atoms. The van der Waals surface area contributed by atoms with E-state index in [0.717, 1.165) is 24.8 Å². The van der Waals surface area contributed by atoms with E-state index in [1.807, 2.05) is 11.3 Å². The molecule has 21 heavy (non-hydrogen) atoms. The summed E-state index contributed by atoms with van der Waals surface area (Å²) in [6, 6.07) is 0.396. The molecule has 2 saturated carbocycles. The minimum Gasteiger partial charge on any atom is -0.308 e. The van der Waals surface area contributed by atoms with Crippen molar-refractivity contribution < 1.29 is 0 Å². The number of fused-ring (bicyclic) bond motifs is 1. The van der Waals surface area contributed by atoms with E-state index in [-0.39, 0.29) is 0 Å². The average Bonchev–Trinajstić information content (AvgIpc) is 3.02. The van der Waals surface area contributed by atoms with Crippen molar-refractivity contribution in [1.82, 2.24) is 15.5 Å². The molecule has 1 N–H and O–H groups in total. The highest BCUT2D eigenvalue weighted by Gasteiger charge is 2.34. The second-order valence-corrected chi connectivity index (χ2v) is 7.85. The van der Waals surface area contributed by atoms with Gasteiger partial charge >= 0.3 is 0 Å². The van der Waals surface area contributed by atoms with Crippen LogP contribution in [0.1, 0.15) is 87.2 Å². The fourth-order valence-corrected chi connectivity index (χ4v) is 5.45. The van der Waals surface area contributed by atoms with Gasteiger partial charge in [0.15, 0.2) is 0 Å². The maximum absolute atomic E-state index is 4.56. The fourth-order valence-electron chi connectivity index (χ4n) is 4.30. The van der Waals surface area contributed by atoms with Gasteiger partial charge in [-0.1, -0.05) is 50.9 Å². The lowest BCUT2D eigenvalue weighted by molar-refractivity contribution is 0.155. The Morgan fingerprint density at radius 3 is 2.67 bits per heavy atom. The first kappa shape index (κ1) is 15.4. The largest absolute Gasteiger partial charge is 0.308 e. The third-order valence-corrected chi connectivity index (χ3v) is 6.70. The molecule has 0 spiro atoms. The van der Waals surface area contributed by atoms with Crippen molar-refractivity contribution in [3.8, 4) is 0 Å². The molecule has 1 aromatic heterocycles. The van der Waals surface area contributed by atoms with Crippen molar-refractivity contribution >= 4 is 11.3 Å². The Morgan fingerprint density at radius 1 is 1.10 bits per heavy atom. The van der Waals surface area contributed by atoms with Gasteiger partial charge in [-0.25, -0.2) is 0 Å². The Hall–Kier alpha value is -0.480. The van der Waals surface area contributed by atoms with Gasteiger partial charge in [0.25, 0.3) is 0 Å². The molecule has 2 fully saturated rings. The maximum atomic E-state index is 4.56. The van der Waals surface area contributed by atoms with Crippen molar-refractivity contribution in [3.63, 3.8) is 0 Å². The number of aromatic nitrogens is 2. The Balaban J connectivity index is 1.65. The van der Waals surface area contributed by atoms with Crippen LogP contribution in [0.2, 0.25) is 0 Å². The molecule has 2 aliphatic carbocycles. The third-order valence-electron chi connectivity index (χ3n) is 5.50. The molecule has 0 aromatic carbocycles. The van der Waals surface area contributed by atoms with Crippen molar-refractivity contribution in [3.05, 3.63) is 10.0 Å². The van der Waals surface area contributed by atoms with Crippen LogP contribution in [-0.2, 0) is 0 Å². The molecule has 3 rings (SSSR count). The molecule has 4 atom stereocenters. The predicted molar refractivity (Wildman–Crippen MR) is 88.7 cm³/mol. The van der Waals surface area contributed by atoms with Crippen molar-refractivity contribution in [1.29, 1.82) is 0 Å². The minimum absolute atomic E-state index is 0.396. The van der Waals surface area contributed by atoms with E-state index in [2.05, 4.69) is 29.4 Å². The Morgan fingerprint density at radius 2 is 1.90 bits per heavy atom. The SMILES string of the molecule is CCNC(CC)c1nnc(C2CCC3CCCCC3C2)s1. The van der Waals surface area contributed by atoms with Gasteiger partial charge in [0.1, 0.15) is 10.0 Å². The summed E-state index contributed by atoms with van der Waals surface area (Å²) < 4.78 is 0. The summed E-state index contributed by atoms with van der Waals surface area (Å²) in [5, 5.41) is 15.1. The van der Waals surface area contributed by atoms with E-state index < -0.39 is 0 Å². The standard InChI is InChI=1S/C17H29N3S/c1-3-15(18-4-2)17-20-19-16(21-17)14-10-9-12-7-5-6-8-13(12)11-14/h12-15,18H,3-11H2,1-2H3. The van der Waals surface area contributed by atoms with Gasteiger partial charge in [-0.05, 0) is 44.1 Å². The van der Waals surface area contributed by atoms with E-state index in [9.17, 15) is 0 Å². The zero-order valence-electron chi connectivity index (χ0n) is 13.5. The van der Waals surface area contributed by atoms with E-state index in [1.54, 1.807) is 0 Å². The topological polar surface area (TPSA) is 37.8 Å². The van der Waals surface area contributed by atoms with Crippen LogP contribution in [0.3, 0.4) is 0 Å². The van der Waals surface area contributed by atoms with E-state index in [4.69, 9.17) is 0 Å². The van der Waals surface area contributed by atoms with Crippen molar-refractivity contribution in [2.45, 2.75) is 77.2 Å². The lowest BCUT2D eigenvalue weighted by atomic mass is 9.68. The molecule has 3 nitrogen and oxygen atoms in total. The van der Waals surface area contributed by atoms with E-state index in [1.165, 1.54) is 55.0 Å². The first-order valence-electron chi connectivity index (χ1n) is 8.88. The fraction of sp³-hybridized carbons (Fsp3) is 0.882. The highest BCUT2D eigenvalue weighted by molar-refractivity contribution is 7.11. The predicted octanol–water partition coefficient (Wildman–Crippen LogP) is 4.67. The normalized spacial score (nSPS) is 30.9. The second-order valence-electron chi connectivity index (χ2n) is 6.81. The van der Waals surface area contributed by atoms with Crippen LogP contribution in [-0.4, -0.2) is 16.7 Å². The van der Waals surface area contributed by atoms with E-state index in [0.29, 0.717) is 12.0 Å². The van der Waals surface area contributed by atoms with Crippen LogP contribution in [0.15, 0.2) is 0 Å². The average molecular weight is 308 g/mol. The summed E-state index contributed by atoms with van der Waals surface area (Å²) in [4.78, 5) is 0. The minimum atomic E-state index is 0.396. The van der Waals surface area contributed by atoms with Gasteiger partial charge < -0.3 is 5.32 Å². The molecule has 4 heteroatoms. The van der Waals surface area contributed by atoms with Gasteiger partial charge in [-0.2, -0.15) is 0 Å². The quantitative estimate of drug-likeness (QED) is 0.859. The van der Waals surface area contributed by atoms with Gasteiger partial charge in [0.2, 0.25) is 0 Å². The summed E-state index contributed by atoms with van der Waals surface area (Å²) >= 11 is 1.87. The van der Waals surface area contributed by atoms with Crippen LogP contribution in [0.5, 0.6) is 0 Å². The molecule has 1 aromatic rings. The summed E-state index contributed by atoms with van der Waals surface area (Å²) in [6.07, 6.45) is 11.1. The van der Waals surface area contributed by atoms with Crippen LogP contribution < -0.4 is 5.32 Å². The van der Waals surface area contributed by atoms with Crippen LogP contribution in [0.4, 0.5) is 0 Å². The van der Waals surface area contributed by atoms with Crippen LogP contribution in [0, 0.1) is 11.8 Å². The monoisotopic (exact) mass is 307 g/mol. The van der Waals surface area contributed by atoms with Crippen molar-refractivity contribution in [2.24, 2.45) is 11.8 Å². The van der Waals surface area contributed by atoms with E-state index >= 15 is 0 Å². The molecular formula is C17H29N3S. The number of hydrogen-bond acceptors (Lipinski definition) is 4. The molecule has 1 heterocycles. The van der Waals surface area contributed by atoms with Gasteiger partial charge in [0.05, 0.1) is 6.04 Å². The van der Waals surface area contributed by atoms with Gasteiger partial charge in [-0.3, -0.25) is 0 Å². The highest BCUT2D eigenvalue weighted by atomic mass is 32.1. The summed E-state index contributed by atoms with van der Waals surface area (Å²) in [5.41, 5.74) is 0. The highest BCUT2D eigenvalue weighted by Crippen LogP contribution is 2.46. The molecule has 0 radical (unpaired) electrons. The summed E-state index contributed by atoms with van der Waals surface area (Å²) in [7, 11) is 0. The second kappa shape index (κ2) is 7.19. The van der Waals surface area contributed by atoms with Gasteiger partial charge in [-0.15, -0.1) is 10.2 Å². The number of nitrogens with zero attached hydrogens (tertiary/aromatic N) is 2. The Bertz CT molecular complexity index is 445. The molecule has 4 unspecified atom stereocenters.